The molecule has 0 heterocycles. The molecule has 2 nitrogen and oxygen atoms in total. The number of hydrogen-bond donors (Lipinski definition) is 1. The van der Waals surface area contributed by atoms with Gasteiger partial charge in [-0.1, -0.05) is 24.3 Å². The van der Waals surface area contributed by atoms with Gasteiger partial charge in [0.1, 0.15) is 5.75 Å². The molecule has 0 aliphatic carbocycles. The highest BCUT2D eigenvalue weighted by Crippen LogP contribution is 2.19. The van der Waals surface area contributed by atoms with Crippen LogP contribution in [-0.4, -0.2) is 7.11 Å². The van der Waals surface area contributed by atoms with Crippen molar-refractivity contribution in [2.24, 2.45) is 0 Å². The summed E-state index contributed by atoms with van der Waals surface area (Å²) in [5.41, 5.74) is 2.37. The number of anilines is 1. The Balaban J connectivity index is 2.05. The summed E-state index contributed by atoms with van der Waals surface area (Å²) in [4.78, 5) is 0. The molecule has 0 fully saturated rings. The zero-order valence-corrected chi connectivity index (χ0v) is 11.8. The van der Waals surface area contributed by atoms with Gasteiger partial charge in [-0.05, 0) is 52.4 Å². The van der Waals surface area contributed by atoms with Gasteiger partial charge in [0.25, 0.3) is 0 Å². The molecule has 0 aromatic heterocycles. The second-order valence-corrected chi connectivity index (χ2v) is 4.85. The number of hydrogen-bond acceptors (Lipinski definition) is 2. The third-order valence-electron chi connectivity index (χ3n) is 2.49. The third-order valence-corrected chi connectivity index (χ3v) is 3.43. The molecule has 1 N–H and O–H groups in total. The number of ether oxygens (including phenoxy) is 1. The van der Waals surface area contributed by atoms with Gasteiger partial charge in [0.05, 0.1) is 7.11 Å². The third kappa shape index (κ3) is 3.36. The van der Waals surface area contributed by atoms with Crippen molar-refractivity contribution in [2.45, 2.75) is 6.54 Å². The fourth-order valence-corrected chi connectivity index (χ4v) is 2.16. The molecule has 17 heavy (non-hydrogen) atoms. The number of nitrogens with one attached hydrogen (secondary N) is 1. The molecular weight excluding hydrogens is 325 g/mol. The van der Waals surface area contributed by atoms with Gasteiger partial charge in [-0.25, -0.2) is 0 Å². The SMILES string of the molecule is COc1cccc(CNc2ccccc2I)c1. The lowest BCUT2D eigenvalue weighted by Gasteiger charge is -2.09. The largest absolute Gasteiger partial charge is 0.497 e. The van der Waals surface area contributed by atoms with Crippen LogP contribution < -0.4 is 10.1 Å². The molecule has 0 atom stereocenters. The zero-order valence-electron chi connectivity index (χ0n) is 9.61. The van der Waals surface area contributed by atoms with Crippen molar-refractivity contribution in [3.8, 4) is 5.75 Å². The molecule has 0 bridgehead atoms. The van der Waals surface area contributed by atoms with Gasteiger partial charge in [-0.3, -0.25) is 0 Å². The summed E-state index contributed by atoms with van der Waals surface area (Å²) in [7, 11) is 1.69. The standard InChI is InChI=1S/C14H14INO/c1-17-12-6-4-5-11(9-12)10-16-14-8-3-2-7-13(14)15/h2-9,16H,10H2,1H3. The van der Waals surface area contributed by atoms with E-state index in [1.54, 1.807) is 7.11 Å². The molecule has 0 radical (unpaired) electrons. The van der Waals surface area contributed by atoms with Gasteiger partial charge in [0.15, 0.2) is 0 Å². The molecule has 2 aromatic carbocycles. The number of rotatable bonds is 4. The van der Waals surface area contributed by atoms with Crippen molar-refractivity contribution >= 4 is 28.3 Å². The maximum atomic E-state index is 5.20. The summed E-state index contributed by atoms with van der Waals surface area (Å²) in [6, 6.07) is 16.3. The number of methoxy groups -OCH3 is 1. The van der Waals surface area contributed by atoms with Crippen molar-refractivity contribution in [3.63, 3.8) is 0 Å². The highest BCUT2D eigenvalue weighted by molar-refractivity contribution is 14.1. The Labute approximate surface area is 115 Å². The lowest BCUT2D eigenvalue weighted by molar-refractivity contribution is 0.414. The van der Waals surface area contributed by atoms with Gasteiger partial charge in [-0.2, -0.15) is 0 Å². The van der Waals surface area contributed by atoms with E-state index in [0.717, 1.165) is 18.0 Å². The predicted octanol–water partition coefficient (Wildman–Crippen LogP) is 3.91. The van der Waals surface area contributed by atoms with Gasteiger partial charge in [-0.15, -0.1) is 0 Å². The van der Waals surface area contributed by atoms with Crippen LogP contribution in [0.25, 0.3) is 0 Å². The summed E-state index contributed by atoms with van der Waals surface area (Å²) < 4.78 is 6.43. The molecule has 0 spiro atoms. The van der Waals surface area contributed by atoms with Crippen LogP contribution in [-0.2, 0) is 6.54 Å². The van der Waals surface area contributed by atoms with E-state index in [2.05, 4.69) is 46.1 Å². The molecule has 0 aliphatic rings. The van der Waals surface area contributed by atoms with E-state index in [0.29, 0.717) is 0 Å². The van der Waals surface area contributed by atoms with Gasteiger partial charge in [0.2, 0.25) is 0 Å². The highest BCUT2D eigenvalue weighted by Gasteiger charge is 1.99. The topological polar surface area (TPSA) is 21.3 Å². The summed E-state index contributed by atoms with van der Waals surface area (Å²) in [5.74, 6) is 0.895. The van der Waals surface area contributed by atoms with E-state index in [-0.39, 0.29) is 0 Å². The fraction of sp³-hybridized carbons (Fsp3) is 0.143. The molecule has 0 saturated heterocycles. The van der Waals surface area contributed by atoms with Crippen LogP contribution in [0.3, 0.4) is 0 Å². The first kappa shape index (κ1) is 12.2. The van der Waals surface area contributed by atoms with Crippen molar-refractivity contribution in [2.75, 3.05) is 12.4 Å². The quantitative estimate of drug-likeness (QED) is 0.853. The zero-order chi connectivity index (χ0) is 12.1. The first-order chi connectivity index (χ1) is 8.29. The van der Waals surface area contributed by atoms with E-state index < -0.39 is 0 Å². The predicted molar refractivity (Wildman–Crippen MR) is 79.5 cm³/mol. The summed E-state index contributed by atoms with van der Waals surface area (Å²) in [5, 5.41) is 3.42. The summed E-state index contributed by atoms with van der Waals surface area (Å²) >= 11 is 2.33. The van der Waals surface area contributed by atoms with E-state index in [9.17, 15) is 0 Å². The van der Waals surface area contributed by atoms with Gasteiger partial charge >= 0.3 is 0 Å². The minimum Gasteiger partial charge on any atom is -0.497 e. The summed E-state index contributed by atoms with van der Waals surface area (Å²) in [6.45, 7) is 0.803. The Hall–Kier alpha value is -1.23. The lowest BCUT2D eigenvalue weighted by Crippen LogP contribution is -2.00. The summed E-state index contributed by atoms with van der Waals surface area (Å²) in [6.07, 6.45) is 0. The van der Waals surface area contributed by atoms with Crippen LogP contribution in [0.2, 0.25) is 0 Å². The number of halogens is 1. The Morgan fingerprint density at radius 1 is 1.12 bits per heavy atom. The number of para-hydroxylation sites is 1. The Bertz CT molecular complexity index is 499. The first-order valence-corrected chi connectivity index (χ1v) is 6.49. The Kier molecular flexibility index (Phi) is 4.25. The normalized spacial score (nSPS) is 10.0. The average Bonchev–Trinajstić information content (AvgIpc) is 2.38. The van der Waals surface area contributed by atoms with E-state index >= 15 is 0 Å². The van der Waals surface area contributed by atoms with E-state index in [4.69, 9.17) is 4.74 Å². The Morgan fingerprint density at radius 3 is 2.71 bits per heavy atom. The second-order valence-electron chi connectivity index (χ2n) is 3.68. The highest BCUT2D eigenvalue weighted by atomic mass is 127. The van der Waals surface area contributed by atoms with Crippen molar-refractivity contribution in [1.82, 2.24) is 0 Å². The van der Waals surface area contributed by atoms with Gasteiger partial charge in [0, 0.05) is 15.8 Å². The maximum absolute atomic E-state index is 5.20. The fourth-order valence-electron chi connectivity index (χ4n) is 1.58. The minimum absolute atomic E-state index is 0.803. The van der Waals surface area contributed by atoms with Gasteiger partial charge < -0.3 is 10.1 Å². The van der Waals surface area contributed by atoms with Crippen LogP contribution in [0.15, 0.2) is 48.5 Å². The molecule has 3 heteroatoms. The molecule has 0 amide bonds. The monoisotopic (exact) mass is 339 g/mol. The molecule has 2 rings (SSSR count). The number of benzene rings is 2. The lowest BCUT2D eigenvalue weighted by atomic mass is 10.2. The second kappa shape index (κ2) is 5.91. The van der Waals surface area contributed by atoms with E-state index in [1.165, 1.54) is 9.13 Å². The van der Waals surface area contributed by atoms with Crippen LogP contribution in [0, 0.1) is 3.57 Å². The van der Waals surface area contributed by atoms with Crippen LogP contribution in [0.1, 0.15) is 5.56 Å². The van der Waals surface area contributed by atoms with Crippen molar-refractivity contribution < 1.29 is 4.74 Å². The molecule has 2 aromatic rings. The molecule has 0 unspecified atom stereocenters. The Morgan fingerprint density at radius 2 is 1.94 bits per heavy atom. The molecule has 0 aliphatic heterocycles. The van der Waals surface area contributed by atoms with E-state index in [1.807, 2.05) is 30.3 Å². The van der Waals surface area contributed by atoms with Crippen LogP contribution >= 0.6 is 22.6 Å². The average molecular weight is 339 g/mol. The first-order valence-electron chi connectivity index (χ1n) is 5.41. The smallest absolute Gasteiger partial charge is 0.119 e. The van der Waals surface area contributed by atoms with Crippen molar-refractivity contribution in [3.05, 3.63) is 57.7 Å². The van der Waals surface area contributed by atoms with Crippen LogP contribution in [0.5, 0.6) is 5.75 Å². The molecular formula is C14H14INO. The maximum Gasteiger partial charge on any atom is 0.119 e. The van der Waals surface area contributed by atoms with Crippen molar-refractivity contribution in [1.29, 1.82) is 0 Å². The van der Waals surface area contributed by atoms with Crippen LogP contribution in [0.4, 0.5) is 5.69 Å². The minimum atomic E-state index is 0.803. The molecule has 0 saturated carbocycles. The molecule has 88 valence electrons.